The number of aryl methyl sites for hydroxylation is 1. The fourth-order valence-corrected chi connectivity index (χ4v) is 3.50. The van der Waals surface area contributed by atoms with E-state index in [9.17, 15) is 4.79 Å². The summed E-state index contributed by atoms with van der Waals surface area (Å²) in [5, 5.41) is 0.142. The lowest BCUT2D eigenvalue weighted by Gasteiger charge is -2.20. The van der Waals surface area contributed by atoms with Crippen LogP contribution in [0.3, 0.4) is 0 Å². The van der Waals surface area contributed by atoms with Crippen molar-refractivity contribution in [2.45, 2.75) is 19.4 Å². The topological polar surface area (TPSA) is 38.7 Å². The van der Waals surface area contributed by atoms with Crippen molar-refractivity contribution < 1.29 is 9.53 Å². The smallest absolute Gasteiger partial charge is 0.214 e. The first-order chi connectivity index (χ1) is 11.2. The maximum absolute atomic E-state index is 12.2. The molecule has 0 bridgehead atoms. The molecule has 0 fully saturated rings. The van der Waals surface area contributed by atoms with Crippen LogP contribution in [0.15, 0.2) is 53.5 Å². The third-order valence-corrected chi connectivity index (χ3v) is 4.85. The minimum atomic E-state index is -0.322. The Morgan fingerprint density at radius 1 is 1.22 bits per heavy atom. The zero-order chi connectivity index (χ0) is 16.2. The van der Waals surface area contributed by atoms with Crippen molar-refractivity contribution in [2.75, 3.05) is 12.9 Å². The van der Waals surface area contributed by atoms with Gasteiger partial charge in [0.15, 0.2) is 0 Å². The van der Waals surface area contributed by atoms with Crippen LogP contribution >= 0.6 is 11.8 Å². The van der Waals surface area contributed by atoms with Crippen LogP contribution in [0.25, 0.3) is 0 Å². The molecule has 3 rings (SSSR count). The summed E-state index contributed by atoms with van der Waals surface area (Å²) in [5.41, 5.74) is 4.20. The molecule has 118 valence electrons. The highest BCUT2D eigenvalue weighted by Crippen LogP contribution is 2.27. The maximum atomic E-state index is 12.2. The minimum absolute atomic E-state index is 0.142. The Bertz CT molecular complexity index is 740. The molecule has 1 aliphatic rings. The van der Waals surface area contributed by atoms with E-state index in [4.69, 9.17) is 9.73 Å². The van der Waals surface area contributed by atoms with Crippen LogP contribution in [0.4, 0.5) is 0 Å². The first kappa shape index (κ1) is 15.8. The first-order valence-corrected chi connectivity index (χ1v) is 8.58. The molecule has 0 amide bonds. The van der Waals surface area contributed by atoms with Crippen LogP contribution < -0.4 is 4.74 Å². The van der Waals surface area contributed by atoms with E-state index in [0.29, 0.717) is 12.2 Å². The van der Waals surface area contributed by atoms with Gasteiger partial charge in [0.1, 0.15) is 11.8 Å². The Kier molecular flexibility index (Phi) is 4.82. The molecular weight excluding hydrogens is 306 g/mol. The number of methoxy groups -OCH3 is 1. The number of aliphatic imine (C=N–C) groups is 1. The number of ether oxygens (including phenoxy) is 1. The van der Waals surface area contributed by atoms with Crippen molar-refractivity contribution in [1.29, 1.82) is 0 Å². The van der Waals surface area contributed by atoms with Crippen LogP contribution in [0.2, 0.25) is 0 Å². The molecule has 1 aliphatic heterocycles. The molecule has 0 aliphatic carbocycles. The molecule has 0 radical (unpaired) electrons. The quantitative estimate of drug-likeness (QED) is 0.861. The highest BCUT2D eigenvalue weighted by Gasteiger charge is 2.26. The second-order valence-electron chi connectivity index (χ2n) is 5.59. The van der Waals surface area contributed by atoms with Gasteiger partial charge < -0.3 is 4.74 Å². The van der Waals surface area contributed by atoms with Crippen molar-refractivity contribution in [3.63, 3.8) is 0 Å². The Morgan fingerprint density at radius 2 is 2.00 bits per heavy atom. The van der Waals surface area contributed by atoms with Gasteiger partial charge in [-0.15, -0.1) is 0 Å². The number of hydrogen-bond acceptors (Lipinski definition) is 4. The number of hydrogen-bond donors (Lipinski definition) is 0. The molecule has 0 aromatic heterocycles. The summed E-state index contributed by atoms with van der Waals surface area (Å²) in [5.74, 6) is 1.42. The molecule has 23 heavy (non-hydrogen) atoms. The predicted molar refractivity (Wildman–Crippen MR) is 95.7 cm³/mol. The zero-order valence-electron chi connectivity index (χ0n) is 13.3. The Balaban J connectivity index is 1.91. The SMILES string of the molecule is COc1cc(C)ccc1C1=N[C@@H](Cc2ccccc2)C(=O)SC1. The lowest BCUT2D eigenvalue weighted by molar-refractivity contribution is -0.112. The molecule has 0 unspecified atom stereocenters. The number of nitrogens with zero attached hydrogens (tertiary/aromatic N) is 1. The summed E-state index contributed by atoms with van der Waals surface area (Å²) in [7, 11) is 1.67. The fraction of sp³-hybridized carbons (Fsp3) is 0.263. The minimum Gasteiger partial charge on any atom is -0.496 e. The highest BCUT2D eigenvalue weighted by molar-refractivity contribution is 8.14. The van der Waals surface area contributed by atoms with E-state index >= 15 is 0 Å². The first-order valence-electron chi connectivity index (χ1n) is 7.59. The number of carbonyl (C=O) groups is 1. The lowest BCUT2D eigenvalue weighted by atomic mass is 10.0. The van der Waals surface area contributed by atoms with Gasteiger partial charge in [0.2, 0.25) is 5.12 Å². The van der Waals surface area contributed by atoms with Gasteiger partial charge in [-0.05, 0) is 30.2 Å². The van der Waals surface area contributed by atoms with Gasteiger partial charge in [-0.1, -0.05) is 48.2 Å². The van der Waals surface area contributed by atoms with Crippen LogP contribution in [0.5, 0.6) is 5.75 Å². The molecule has 0 saturated carbocycles. The van der Waals surface area contributed by atoms with Crippen molar-refractivity contribution in [3.8, 4) is 5.75 Å². The fourth-order valence-electron chi connectivity index (χ4n) is 2.66. The highest BCUT2D eigenvalue weighted by atomic mass is 32.2. The standard InChI is InChI=1S/C19H19NO2S/c1-13-8-9-15(18(10-13)22-2)17-12-23-19(21)16(20-17)11-14-6-4-3-5-7-14/h3-10,16H,11-12H2,1-2H3/t16-/m0/s1. The third-order valence-electron chi connectivity index (χ3n) is 3.87. The van der Waals surface area contributed by atoms with Crippen molar-refractivity contribution in [3.05, 3.63) is 65.2 Å². The maximum Gasteiger partial charge on any atom is 0.214 e. The van der Waals surface area contributed by atoms with Crippen LogP contribution in [0.1, 0.15) is 16.7 Å². The Morgan fingerprint density at radius 3 is 2.74 bits per heavy atom. The molecule has 0 N–H and O–H groups in total. The summed E-state index contributed by atoms with van der Waals surface area (Å²) < 4.78 is 5.48. The predicted octanol–water partition coefficient (Wildman–Crippen LogP) is 3.68. The van der Waals surface area contributed by atoms with Crippen molar-refractivity contribution in [1.82, 2.24) is 0 Å². The average Bonchev–Trinajstić information content (AvgIpc) is 2.58. The van der Waals surface area contributed by atoms with Crippen LogP contribution in [-0.2, 0) is 11.2 Å². The van der Waals surface area contributed by atoms with Gasteiger partial charge >= 0.3 is 0 Å². The summed E-state index contributed by atoms with van der Waals surface area (Å²) in [6, 6.07) is 15.8. The Labute approximate surface area is 140 Å². The molecule has 1 heterocycles. The van der Waals surface area contributed by atoms with E-state index in [1.54, 1.807) is 7.11 Å². The van der Waals surface area contributed by atoms with E-state index in [1.807, 2.05) is 55.5 Å². The molecular formula is C19H19NO2S. The van der Waals surface area contributed by atoms with Gasteiger partial charge in [0, 0.05) is 17.7 Å². The molecule has 0 saturated heterocycles. The molecule has 0 spiro atoms. The third kappa shape index (κ3) is 3.64. The number of carbonyl (C=O) groups excluding carboxylic acids is 1. The molecule has 2 aromatic carbocycles. The van der Waals surface area contributed by atoms with Crippen LogP contribution in [0, 0.1) is 6.92 Å². The molecule has 3 nitrogen and oxygen atoms in total. The number of rotatable bonds is 4. The summed E-state index contributed by atoms with van der Waals surface area (Å²) in [6.07, 6.45) is 0.643. The molecule has 2 aromatic rings. The Hall–Kier alpha value is -2.07. The average molecular weight is 325 g/mol. The second kappa shape index (κ2) is 7.01. The van der Waals surface area contributed by atoms with Crippen LogP contribution in [-0.4, -0.2) is 29.7 Å². The second-order valence-corrected chi connectivity index (χ2v) is 6.57. The normalized spacial score (nSPS) is 17.7. The van der Waals surface area contributed by atoms with Gasteiger partial charge in [-0.25, -0.2) is 0 Å². The number of benzene rings is 2. The van der Waals surface area contributed by atoms with E-state index in [1.165, 1.54) is 11.8 Å². The van der Waals surface area contributed by atoms with E-state index in [-0.39, 0.29) is 11.2 Å². The molecule has 4 heteroatoms. The summed E-state index contributed by atoms with van der Waals surface area (Å²) in [6.45, 7) is 2.03. The van der Waals surface area contributed by atoms with Gasteiger partial charge in [-0.3, -0.25) is 9.79 Å². The van der Waals surface area contributed by atoms with E-state index in [0.717, 1.165) is 28.2 Å². The van der Waals surface area contributed by atoms with Gasteiger partial charge in [0.25, 0.3) is 0 Å². The van der Waals surface area contributed by atoms with Crippen molar-refractivity contribution >= 4 is 22.6 Å². The van der Waals surface area contributed by atoms with Gasteiger partial charge in [0.05, 0.1) is 12.8 Å². The summed E-state index contributed by atoms with van der Waals surface area (Å²) >= 11 is 1.35. The number of thioether (sulfide) groups is 1. The van der Waals surface area contributed by atoms with Gasteiger partial charge in [-0.2, -0.15) is 0 Å². The van der Waals surface area contributed by atoms with E-state index < -0.39 is 0 Å². The van der Waals surface area contributed by atoms with Crippen molar-refractivity contribution in [2.24, 2.45) is 4.99 Å². The molecule has 1 atom stereocenters. The zero-order valence-corrected chi connectivity index (χ0v) is 14.1. The monoisotopic (exact) mass is 325 g/mol. The van der Waals surface area contributed by atoms with E-state index in [2.05, 4.69) is 0 Å². The lowest BCUT2D eigenvalue weighted by Crippen LogP contribution is -2.27. The summed E-state index contributed by atoms with van der Waals surface area (Å²) in [4.78, 5) is 16.9. The largest absolute Gasteiger partial charge is 0.496 e.